The standard InChI is InChI=1S/C7H12N2O.2C2H6/c1-5-6(2)9(3)8-7(5)4-10;2*1-2/h10H,4H2,1-3H3;2*1-2H3. The van der Waals surface area contributed by atoms with Crippen LogP contribution in [0.4, 0.5) is 0 Å². The minimum absolute atomic E-state index is 0.0352. The van der Waals surface area contributed by atoms with Crippen LogP contribution in [0.25, 0.3) is 0 Å². The second-order valence-electron chi connectivity index (χ2n) is 2.44. The molecule has 0 aromatic carbocycles. The Morgan fingerprint density at radius 2 is 1.57 bits per heavy atom. The second kappa shape index (κ2) is 8.75. The Morgan fingerprint density at radius 3 is 1.71 bits per heavy atom. The van der Waals surface area contributed by atoms with Crippen LogP contribution in [-0.2, 0) is 13.7 Å². The van der Waals surface area contributed by atoms with E-state index in [9.17, 15) is 0 Å². The summed E-state index contributed by atoms with van der Waals surface area (Å²) in [5.74, 6) is 0. The number of aliphatic hydroxyl groups is 1. The van der Waals surface area contributed by atoms with Crippen molar-refractivity contribution < 1.29 is 5.11 Å². The molecule has 1 aromatic heterocycles. The molecule has 1 aromatic rings. The smallest absolute Gasteiger partial charge is 0.0910 e. The van der Waals surface area contributed by atoms with E-state index in [0.717, 1.165) is 17.0 Å². The Labute approximate surface area is 87.8 Å². The van der Waals surface area contributed by atoms with Crippen LogP contribution in [0.2, 0.25) is 0 Å². The van der Waals surface area contributed by atoms with Gasteiger partial charge in [-0.1, -0.05) is 27.7 Å². The van der Waals surface area contributed by atoms with Gasteiger partial charge >= 0.3 is 0 Å². The third-order valence-corrected chi connectivity index (χ3v) is 1.88. The zero-order valence-corrected chi connectivity index (χ0v) is 10.5. The van der Waals surface area contributed by atoms with Crippen molar-refractivity contribution >= 4 is 0 Å². The Bertz CT molecular complexity index is 242. The van der Waals surface area contributed by atoms with Gasteiger partial charge in [0.1, 0.15) is 0 Å². The van der Waals surface area contributed by atoms with Crippen molar-refractivity contribution in [2.45, 2.75) is 48.1 Å². The molecule has 0 fully saturated rings. The van der Waals surface area contributed by atoms with Gasteiger partial charge < -0.3 is 5.11 Å². The van der Waals surface area contributed by atoms with Gasteiger partial charge in [0.05, 0.1) is 12.3 Å². The SMILES string of the molecule is CC.CC.Cc1c(CO)nn(C)c1C. The van der Waals surface area contributed by atoms with Crippen LogP contribution in [0.1, 0.15) is 44.6 Å². The van der Waals surface area contributed by atoms with E-state index in [1.807, 2.05) is 48.6 Å². The van der Waals surface area contributed by atoms with Crippen molar-refractivity contribution in [3.8, 4) is 0 Å². The van der Waals surface area contributed by atoms with Crippen molar-refractivity contribution in [1.29, 1.82) is 0 Å². The maximum absolute atomic E-state index is 8.78. The van der Waals surface area contributed by atoms with Gasteiger partial charge in [-0.05, 0) is 19.4 Å². The summed E-state index contributed by atoms with van der Waals surface area (Å²) in [6, 6.07) is 0. The Balaban J connectivity index is 0. The number of aliphatic hydroxyl groups excluding tert-OH is 1. The molecule has 0 saturated carbocycles. The lowest BCUT2D eigenvalue weighted by molar-refractivity contribution is 0.275. The predicted molar refractivity (Wildman–Crippen MR) is 61.3 cm³/mol. The summed E-state index contributed by atoms with van der Waals surface area (Å²) in [5.41, 5.74) is 2.98. The summed E-state index contributed by atoms with van der Waals surface area (Å²) in [6.45, 7) is 12.0. The average Bonchev–Trinajstić information content (AvgIpc) is 2.51. The highest BCUT2D eigenvalue weighted by Crippen LogP contribution is 2.09. The van der Waals surface area contributed by atoms with E-state index in [-0.39, 0.29) is 6.61 Å². The van der Waals surface area contributed by atoms with Gasteiger partial charge in [-0.2, -0.15) is 5.10 Å². The molecule has 0 spiro atoms. The monoisotopic (exact) mass is 200 g/mol. The molecule has 1 rings (SSSR count). The van der Waals surface area contributed by atoms with Gasteiger partial charge in [0.2, 0.25) is 0 Å². The normalized spacial score (nSPS) is 8.29. The topological polar surface area (TPSA) is 38.1 Å². The van der Waals surface area contributed by atoms with Crippen LogP contribution in [0.3, 0.4) is 0 Å². The minimum atomic E-state index is 0.0352. The summed E-state index contributed by atoms with van der Waals surface area (Å²) in [7, 11) is 1.88. The van der Waals surface area contributed by atoms with E-state index in [4.69, 9.17) is 5.11 Å². The van der Waals surface area contributed by atoms with Crippen LogP contribution in [0, 0.1) is 13.8 Å². The van der Waals surface area contributed by atoms with Gasteiger partial charge in [0, 0.05) is 12.7 Å². The Morgan fingerprint density at radius 1 is 1.14 bits per heavy atom. The number of rotatable bonds is 1. The van der Waals surface area contributed by atoms with E-state index in [2.05, 4.69) is 5.10 Å². The maximum atomic E-state index is 8.78. The molecular weight excluding hydrogens is 176 g/mol. The van der Waals surface area contributed by atoms with Gasteiger partial charge in [0.15, 0.2) is 0 Å². The highest BCUT2D eigenvalue weighted by Gasteiger charge is 2.05. The van der Waals surface area contributed by atoms with E-state index in [1.54, 1.807) is 4.68 Å². The highest BCUT2D eigenvalue weighted by molar-refractivity contribution is 5.22. The van der Waals surface area contributed by atoms with Crippen molar-refractivity contribution in [2.75, 3.05) is 0 Å². The van der Waals surface area contributed by atoms with Crippen molar-refractivity contribution in [3.63, 3.8) is 0 Å². The molecule has 0 radical (unpaired) electrons. The van der Waals surface area contributed by atoms with Gasteiger partial charge in [-0.25, -0.2) is 0 Å². The molecule has 84 valence electrons. The van der Waals surface area contributed by atoms with Crippen LogP contribution in [-0.4, -0.2) is 14.9 Å². The molecule has 0 saturated heterocycles. The first kappa shape index (κ1) is 15.6. The fourth-order valence-electron chi connectivity index (χ4n) is 0.933. The molecule has 0 amide bonds. The second-order valence-corrected chi connectivity index (χ2v) is 2.44. The van der Waals surface area contributed by atoms with Crippen LogP contribution >= 0.6 is 0 Å². The molecular formula is C11H24N2O. The van der Waals surface area contributed by atoms with Gasteiger partial charge in [0.25, 0.3) is 0 Å². The first-order valence-corrected chi connectivity index (χ1v) is 5.26. The highest BCUT2D eigenvalue weighted by atomic mass is 16.3. The lowest BCUT2D eigenvalue weighted by Crippen LogP contribution is -1.93. The van der Waals surface area contributed by atoms with Crippen LogP contribution in [0.5, 0.6) is 0 Å². The quantitative estimate of drug-likeness (QED) is 0.756. The van der Waals surface area contributed by atoms with E-state index >= 15 is 0 Å². The molecule has 3 nitrogen and oxygen atoms in total. The fraction of sp³-hybridized carbons (Fsp3) is 0.727. The maximum Gasteiger partial charge on any atom is 0.0910 e. The van der Waals surface area contributed by atoms with Crippen molar-refractivity contribution in [3.05, 3.63) is 17.0 Å². The minimum Gasteiger partial charge on any atom is -0.390 e. The zero-order valence-electron chi connectivity index (χ0n) is 10.5. The summed E-state index contributed by atoms with van der Waals surface area (Å²) < 4.78 is 1.78. The number of aromatic nitrogens is 2. The zero-order chi connectivity index (χ0) is 11.7. The third-order valence-electron chi connectivity index (χ3n) is 1.88. The van der Waals surface area contributed by atoms with E-state index in [1.165, 1.54) is 0 Å². The average molecular weight is 200 g/mol. The Kier molecular flexibility index (Phi) is 9.78. The van der Waals surface area contributed by atoms with Crippen LogP contribution in [0.15, 0.2) is 0 Å². The lowest BCUT2D eigenvalue weighted by atomic mass is 10.2. The first-order valence-electron chi connectivity index (χ1n) is 5.26. The summed E-state index contributed by atoms with van der Waals surface area (Å²) in [6.07, 6.45) is 0. The molecule has 0 bridgehead atoms. The van der Waals surface area contributed by atoms with E-state index < -0.39 is 0 Å². The molecule has 14 heavy (non-hydrogen) atoms. The third kappa shape index (κ3) is 3.92. The molecule has 0 aliphatic carbocycles. The molecule has 0 unspecified atom stereocenters. The number of nitrogens with zero attached hydrogens (tertiary/aromatic N) is 2. The predicted octanol–water partition coefficient (Wildman–Crippen LogP) is 2.58. The van der Waals surface area contributed by atoms with Crippen LogP contribution < -0.4 is 0 Å². The summed E-state index contributed by atoms with van der Waals surface area (Å²) in [4.78, 5) is 0. The lowest BCUT2D eigenvalue weighted by Gasteiger charge is -1.91. The molecule has 0 atom stereocenters. The molecule has 1 N–H and O–H groups in total. The number of aryl methyl sites for hydroxylation is 1. The van der Waals surface area contributed by atoms with Crippen molar-refractivity contribution in [1.82, 2.24) is 9.78 Å². The molecule has 0 aliphatic heterocycles. The van der Waals surface area contributed by atoms with E-state index in [0.29, 0.717) is 0 Å². The fourth-order valence-corrected chi connectivity index (χ4v) is 0.933. The first-order chi connectivity index (χ1) is 6.66. The van der Waals surface area contributed by atoms with Gasteiger partial charge in [-0.15, -0.1) is 0 Å². The molecule has 0 aliphatic rings. The van der Waals surface area contributed by atoms with Crippen molar-refractivity contribution in [2.24, 2.45) is 7.05 Å². The molecule has 3 heteroatoms. The Hall–Kier alpha value is -0.830. The number of hydrogen-bond acceptors (Lipinski definition) is 2. The van der Waals surface area contributed by atoms with Gasteiger partial charge in [-0.3, -0.25) is 4.68 Å². The largest absolute Gasteiger partial charge is 0.390 e. The summed E-state index contributed by atoms with van der Waals surface area (Å²) >= 11 is 0. The number of hydrogen-bond donors (Lipinski definition) is 1. The molecule has 1 heterocycles. The summed E-state index contributed by atoms with van der Waals surface area (Å²) in [5, 5.41) is 12.9.